The average Bonchev–Trinajstić information content (AvgIpc) is 2.39. The van der Waals surface area contributed by atoms with E-state index in [1.165, 1.54) is 12.1 Å². The second-order valence-electron chi connectivity index (χ2n) is 4.63. The summed E-state index contributed by atoms with van der Waals surface area (Å²) in [5.74, 6) is 0.00724. The molecule has 1 unspecified atom stereocenters. The van der Waals surface area contributed by atoms with Crippen molar-refractivity contribution in [2.75, 3.05) is 31.1 Å². The number of rotatable bonds is 3. The molecule has 1 aliphatic heterocycles. The van der Waals surface area contributed by atoms with Gasteiger partial charge in [0.05, 0.1) is 6.04 Å². The molecule has 1 atom stereocenters. The second-order valence-corrected chi connectivity index (χ2v) is 4.63. The van der Waals surface area contributed by atoms with Gasteiger partial charge < -0.3 is 10.6 Å². The minimum absolute atomic E-state index is 0.000341. The van der Waals surface area contributed by atoms with Crippen LogP contribution in [0.15, 0.2) is 24.3 Å². The topological polar surface area (TPSA) is 56.4 Å². The first-order chi connectivity index (χ1) is 8.58. The van der Waals surface area contributed by atoms with Gasteiger partial charge in [0.25, 0.3) is 0 Å². The summed E-state index contributed by atoms with van der Waals surface area (Å²) in [6.07, 6.45) is 0. The van der Waals surface area contributed by atoms with Crippen molar-refractivity contribution in [1.82, 2.24) is 4.90 Å². The van der Waals surface area contributed by atoms with E-state index in [1.54, 1.807) is 12.1 Å². The van der Waals surface area contributed by atoms with Crippen molar-refractivity contribution >= 4 is 11.5 Å². The van der Waals surface area contributed by atoms with Crippen LogP contribution in [0, 0.1) is 11.2 Å². The molecule has 1 aromatic rings. The van der Waals surface area contributed by atoms with Gasteiger partial charge in [-0.1, -0.05) is 0 Å². The lowest BCUT2D eigenvalue weighted by Crippen LogP contribution is -2.53. The molecule has 0 saturated carbocycles. The zero-order valence-corrected chi connectivity index (χ0v) is 10.6. The number of halogens is 1. The molecule has 0 amide bonds. The molecule has 1 heterocycles. The summed E-state index contributed by atoms with van der Waals surface area (Å²) in [7, 11) is 0. The SMILES string of the molecule is CC(C(=N)N)N1CCN(c2ccc(F)cc2)CC1. The standard InChI is InChI=1S/C13H19FN4/c1-10(13(15)16)17-6-8-18(9-7-17)12-4-2-11(14)3-5-12/h2-5,10H,6-9H2,1H3,(H3,15,16). The molecule has 0 bridgehead atoms. The Morgan fingerprint density at radius 3 is 2.28 bits per heavy atom. The predicted octanol–water partition coefficient (Wildman–Crippen LogP) is 1.27. The number of nitrogens with zero attached hydrogens (tertiary/aromatic N) is 2. The highest BCUT2D eigenvalue weighted by Crippen LogP contribution is 2.17. The Kier molecular flexibility index (Phi) is 3.81. The Morgan fingerprint density at radius 2 is 1.78 bits per heavy atom. The van der Waals surface area contributed by atoms with E-state index in [9.17, 15) is 4.39 Å². The lowest BCUT2D eigenvalue weighted by Gasteiger charge is -2.38. The maximum Gasteiger partial charge on any atom is 0.123 e. The lowest BCUT2D eigenvalue weighted by molar-refractivity contribution is 0.237. The Morgan fingerprint density at radius 1 is 1.22 bits per heavy atom. The molecule has 0 aromatic heterocycles. The van der Waals surface area contributed by atoms with Crippen LogP contribution in [-0.2, 0) is 0 Å². The Labute approximate surface area is 107 Å². The molecular weight excluding hydrogens is 231 g/mol. The Hall–Kier alpha value is -1.62. The first kappa shape index (κ1) is 12.8. The van der Waals surface area contributed by atoms with Crippen LogP contribution in [0.3, 0.4) is 0 Å². The third kappa shape index (κ3) is 2.79. The average molecular weight is 250 g/mol. The molecule has 98 valence electrons. The first-order valence-electron chi connectivity index (χ1n) is 6.16. The predicted molar refractivity (Wildman–Crippen MR) is 71.6 cm³/mol. The van der Waals surface area contributed by atoms with Crippen molar-refractivity contribution in [3.63, 3.8) is 0 Å². The number of hydrogen-bond acceptors (Lipinski definition) is 3. The van der Waals surface area contributed by atoms with Crippen LogP contribution in [0.5, 0.6) is 0 Å². The smallest absolute Gasteiger partial charge is 0.123 e. The van der Waals surface area contributed by atoms with Gasteiger partial charge in [0.1, 0.15) is 11.7 Å². The quantitative estimate of drug-likeness (QED) is 0.627. The first-order valence-corrected chi connectivity index (χ1v) is 6.16. The maximum atomic E-state index is 12.8. The van der Waals surface area contributed by atoms with Crippen molar-refractivity contribution in [1.29, 1.82) is 5.41 Å². The maximum absolute atomic E-state index is 12.8. The van der Waals surface area contributed by atoms with E-state index in [4.69, 9.17) is 11.1 Å². The molecule has 2 rings (SSSR count). The van der Waals surface area contributed by atoms with E-state index in [0.29, 0.717) is 0 Å². The summed E-state index contributed by atoms with van der Waals surface area (Å²) in [5.41, 5.74) is 6.56. The fourth-order valence-electron chi connectivity index (χ4n) is 2.22. The summed E-state index contributed by atoms with van der Waals surface area (Å²) in [6.45, 7) is 5.46. The Bertz CT molecular complexity index is 410. The number of amidine groups is 1. The van der Waals surface area contributed by atoms with Crippen LogP contribution < -0.4 is 10.6 Å². The van der Waals surface area contributed by atoms with Crippen molar-refractivity contribution in [3.05, 3.63) is 30.1 Å². The Balaban J connectivity index is 1.94. The van der Waals surface area contributed by atoms with Gasteiger partial charge in [0.2, 0.25) is 0 Å². The number of nitrogens with two attached hydrogens (primary N) is 1. The zero-order valence-electron chi connectivity index (χ0n) is 10.6. The number of hydrogen-bond donors (Lipinski definition) is 2. The van der Waals surface area contributed by atoms with Crippen molar-refractivity contribution < 1.29 is 4.39 Å². The second kappa shape index (κ2) is 5.35. The van der Waals surface area contributed by atoms with E-state index in [0.717, 1.165) is 31.9 Å². The van der Waals surface area contributed by atoms with E-state index in [1.807, 2.05) is 6.92 Å². The van der Waals surface area contributed by atoms with Crippen LogP contribution in [-0.4, -0.2) is 43.0 Å². The van der Waals surface area contributed by atoms with Crippen molar-refractivity contribution in [2.24, 2.45) is 5.73 Å². The third-order valence-corrected chi connectivity index (χ3v) is 3.50. The van der Waals surface area contributed by atoms with Crippen LogP contribution >= 0.6 is 0 Å². The molecule has 1 aliphatic rings. The number of benzene rings is 1. The van der Waals surface area contributed by atoms with Crippen molar-refractivity contribution in [2.45, 2.75) is 13.0 Å². The van der Waals surface area contributed by atoms with E-state index in [-0.39, 0.29) is 17.7 Å². The molecule has 0 aliphatic carbocycles. The molecule has 0 spiro atoms. The third-order valence-electron chi connectivity index (χ3n) is 3.50. The lowest BCUT2D eigenvalue weighted by atomic mass is 10.2. The van der Waals surface area contributed by atoms with Gasteiger partial charge in [-0.25, -0.2) is 4.39 Å². The van der Waals surface area contributed by atoms with Crippen molar-refractivity contribution in [3.8, 4) is 0 Å². The van der Waals surface area contributed by atoms with E-state index in [2.05, 4.69) is 9.80 Å². The molecule has 3 N–H and O–H groups in total. The fourth-order valence-corrected chi connectivity index (χ4v) is 2.22. The summed E-state index contributed by atoms with van der Waals surface area (Å²) < 4.78 is 12.8. The van der Waals surface area contributed by atoms with Crippen LogP contribution in [0.1, 0.15) is 6.92 Å². The fraction of sp³-hybridized carbons (Fsp3) is 0.462. The van der Waals surface area contributed by atoms with Gasteiger partial charge in [-0.15, -0.1) is 0 Å². The van der Waals surface area contributed by atoms with Gasteiger partial charge >= 0.3 is 0 Å². The molecule has 4 nitrogen and oxygen atoms in total. The van der Waals surface area contributed by atoms with Crippen LogP contribution in [0.4, 0.5) is 10.1 Å². The molecule has 1 saturated heterocycles. The molecular formula is C13H19FN4. The minimum Gasteiger partial charge on any atom is -0.386 e. The highest BCUT2D eigenvalue weighted by atomic mass is 19.1. The number of anilines is 1. The van der Waals surface area contributed by atoms with Gasteiger partial charge in [0, 0.05) is 31.9 Å². The molecule has 5 heteroatoms. The molecule has 1 fully saturated rings. The summed E-state index contributed by atoms with van der Waals surface area (Å²) in [6, 6.07) is 6.58. The van der Waals surface area contributed by atoms with E-state index >= 15 is 0 Å². The normalized spacial score (nSPS) is 18.7. The van der Waals surface area contributed by atoms with Gasteiger partial charge in [-0.2, -0.15) is 0 Å². The molecule has 18 heavy (non-hydrogen) atoms. The molecule has 1 aromatic carbocycles. The van der Waals surface area contributed by atoms with Gasteiger partial charge in [-0.3, -0.25) is 10.3 Å². The van der Waals surface area contributed by atoms with Gasteiger partial charge in [-0.05, 0) is 31.2 Å². The minimum atomic E-state index is -0.206. The highest BCUT2D eigenvalue weighted by molar-refractivity contribution is 5.82. The monoisotopic (exact) mass is 250 g/mol. The number of piperazine rings is 1. The van der Waals surface area contributed by atoms with Gasteiger partial charge in [0.15, 0.2) is 0 Å². The van der Waals surface area contributed by atoms with E-state index < -0.39 is 0 Å². The zero-order chi connectivity index (χ0) is 13.1. The van der Waals surface area contributed by atoms with Crippen LogP contribution in [0.2, 0.25) is 0 Å². The molecule has 0 radical (unpaired) electrons. The highest BCUT2D eigenvalue weighted by Gasteiger charge is 2.22. The van der Waals surface area contributed by atoms with Crippen LogP contribution in [0.25, 0.3) is 0 Å². The largest absolute Gasteiger partial charge is 0.386 e. The number of nitrogens with one attached hydrogen (secondary N) is 1. The summed E-state index contributed by atoms with van der Waals surface area (Å²) in [4.78, 5) is 4.42. The summed E-state index contributed by atoms with van der Waals surface area (Å²) in [5, 5.41) is 7.46. The summed E-state index contributed by atoms with van der Waals surface area (Å²) >= 11 is 0.